The first kappa shape index (κ1) is 19.2. The van der Waals surface area contributed by atoms with Crippen LogP contribution in [-0.4, -0.2) is 32.3 Å². The second-order valence-corrected chi connectivity index (χ2v) is 6.35. The Hall–Kier alpha value is -2.52. The van der Waals surface area contributed by atoms with Crippen LogP contribution in [0.2, 0.25) is 5.02 Å². The number of hydrogen-bond acceptors (Lipinski definition) is 7. The van der Waals surface area contributed by atoms with E-state index in [1.54, 1.807) is 32.4 Å². The highest BCUT2D eigenvalue weighted by Gasteiger charge is 2.32. The van der Waals surface area contributed by atoms with Gasteiger partial charge in [-0.15, -0.1) is 0 Å². The van der Waals surface area contributed by atoms with E-state index in [0.29, 0.717) is 23.1 Å². The van der Waals surface area contributed by atoms with E-state index in [1.165, 1.54) is 0 Å². The molecule has 2 aromatic carbocycles. The predicted molar refractivity (Wildman–Crippen MR) is 103 cm³/mol. The van der Waals surface area contributed by atoms with Gasteiger partial charge in [0.2, 0.25) is 5.91 Å². The molecule has 0 aliphatic carbocycles. The van der Waals surface area contributed by atoms with Crippen molar-refractivity contribution in [3.8, 4) is 11.5 Å². The molecule has 144 valence electrons. The molecule has 3 rings (SSSR count). The van der Waals surface area contributed by atoms with E-state index in [0.717, 1.165) is 11.3 Å². The first-order valence-electron chi connectivity index (χ1n) is 8.37. The Bertz CT molecular complexity index is 787. The highest BCUT2D eigenvalue weighted by atomic mass is 35.5. The molecule has 0 bridgehead atoms. The summed E-state index contributed by atoms with van der Waals surface area (Å²) in [4.78, 5) is 12.6. The summed E-state index contributed by atoms with van der Waals surface area (Å²) in [5.41, 5.74) is 10.4. The number of methoxy groups -OCH3 is 2. The smallest absolute Gasteiger partial charge is 0.242 e. The minimum absolute atomic E-state index is 0.170. The molecule has 1 fully saturated rings. The summed E-state index contributed by atoms with van der Waals surface area (Å²) in [5.74, 6) is 1.18. The van der Waals surface area contributed by atoms with E-state index < -0.39 is 6.04 Å². The summed E-state index contributed by atoms with van der Waals surface area (Å²) < 4.78 is 10.5. The van der Waals surface area contributed by atoms with Crippen molar-refractivity contribution in [1.82, 2.24) is 21.7 Å². The Morgan fingerprint density at radius 1 is 1.11 bits per heavy atom. The highest BCUT2D eigenvalue weighted by Crippen LogP contribution is 2.24. The Kier molecular flexibility index (Phi) is 6.36. The Morgan fingerprint density at radius 2 is 1.89 bits per heavy atom. The first-order chi connectivity index (χ1) is 13.1. The Balaban J connectivity index is 1.60. The summed E-state index contributed by atoms with van der Waals surface area (Å²) >= 11 is 5.90. The van der Waals surface area contributed by atoms with Crippen molar-refractivity contribution in [3.05, 3.63) is 53.1 Å². The van der Waals surface area contributed by atoms with Crippen LogP contribution < -0.4 is 36.5 Å². The second-order valence-electron chi connectivity index (χ2n) is 5.92. The fourth-order valence-corrected chi connectivity index (χ4v) is 2.84. The number of halogens is 1. The lowest BCUT2D eigenvalue weighted by Crippen LogP contribution is -2.50. The van der Waals surface area contributed by atoms with Crippen molar-refractivity contribution in [2.45, 2.75) is 18.8 Å². The number of ether oxygens (including phenoxy) is 2. The van der Waals surface area contributed by atoms with E-state index >= 15 is 0 Å². The number of carbonyl (C=O) groups is 1. The monoisotopic (exact) mass is 391 g/mol. The molecule has 0 saturated carbocycles. The molecule has 0 radical (unpaired) electrons. The SMILES string of the molecule is COc1ccc(CNC(=O)C2NNNC2Nc2ccc(Cl)cc2)c(OC)c1. The number of hydrazine groups is 2. The highest BCUT2D eigenvalue weighted by molar-refractivity contribution is 6.30. The van der Waals surface area contributed by atoms with Gasteiger partial charge in [0.05, 0.1) is 14.2 Å². The van der Waals surface area contributed by atoms with E-state index in [1.807, 2.05) is 24.3 Å². The molecule has 1 aliphatic heterocycles. The Labute approximate surface area is 162 Å². The van der Waals surface area contributed by atoms with E-state index in [9.17, 15) is 4.79 Å². The average Bonchev–Trinajstić information content (AvgIpc) is 3.16. The van der Waals surface area contributed by atoms with E-state index in [-0.39, 0.29) is 12.1 Å². The molecular formula is C18H22ClN5O3. The topological polar surface area (TPSA) is 95.7 Å². The molecule has 0 aromatic heterocycles. The van der Waals surface area contributed by atoms with Crippen LogP contribution in [0.1, 0.15) is 5.56 Å². The number of hydrogen-bond donors (Lipinski definition) is 5. The number of carbonyl (C=O) groups excluding carboxylic acids is 1. The molecule has 2 unspecified atom stereocenters. The first-order valence-corrected chi connectivity index (χ1v) is 8.75. The lowest BCUT2D eigenvalue weighted by Gasteiger charge is -2.20. The maximum Gasteiger partial charge on any atom is 0.242 e. The van der Waals surface area contributed by atoms with Gasteiger partial charge < -0.3 is 20.1 Å². The predicted octanol–water partition coefficient (Wildman–Crippen LogP) is 1.39. The number of rotatable bonds is 7. The summed E-state index contributed by atoms with van der Waals surface area (Å²) in [5, 5.41) is 6.80. The van der Waals surface area contributed by atoms with Crippen LogP contribution in [0.15, 0.2) is 42.5 Å². The molecule has 1 amide bonds. The molecular weight excluding hydrogens is 370 g/mol. The minimum atomic E-state index is -0.523. The minimum Gasteiger partial charge on any atom is -0.497 e. The van der Waals surface area contributed by atoms with Gasteiger partial charge in [0, 0.05) is 28.9 Å². The van der Waals surface area contributed by atoms with Crippen LogP contribution in [0.5, 0.6) is 11.5 Å². The van der Waals surface area contributed by atoms with Crippen LogP contribution in [0.3, 0.4) is 0 Å². The lowest BCUT2D eigenvalue weighted by atomic mass is 10.1. The molecule has 1 saturated heterocycles. The lowest BCUT2D eigenvalue weighted by molar-refractivity contribution is -0.123. The molecule has 8 nitrogen and oxygen atoms in total. The van der Waals surface area contributed by atoms with Crippen molar-refractivity contribution in [2.75, 3.05) is 19.5 Å². The molecule has 1 aliphatic rings. The summed E-state index contributed by atoms with van der Waals surface area (Å²) in [6, 6.07) is 12.2. The van der Waals surface area contributed by atoms with Crippen LogP contribution in [0, 0.1) is 0 Å². The van der Waals surface area contributed by atoms with Crippen LogP contribution in [0.25, 0.3) is 0 Å². The maximum absolute atomic E-state index is 12.6. The molecule has 1 heterocycles. The quantitative estimate of drug-likeness (QED) is 0.487. The zero-order chi connectivity index (χ0) is 19.2. The number of amides is 1. The maximum atomic E-state index is 12.6. The fourth-order valence-electron chi connectivity index (χ4n) is 2.72. The van der Waals surface area contributed by atoms with Crippen LogP contribution in [-0.2, 0) is 11.3 Å². The molecule has 5 N–H and O–H groups in total. The number of nitrogens with one attached hydrogen (secondary N) is 5. The molecule has 0 spiro atoms. The van der Waals surface area contributed by atoms with Crippen molar-refractivity contribution >= 4 is 23.2 Å². The summed E-state index contributed by atoms with van der Waals surface area (Å²) in [6.45, 7) is 0.331. The van der Waals surface area contributed by atoms with Crippen molar-refractivity contribution in [3.63, 3.8) is 0 Å². The third-order valence-electron chi connectivity index (χ3n) is 4.18. The molecule has 27 heavy (non-hydrogen) atoms. The van der Waals surface area contributed by atoms with Gasteiger partial charge in [-0.05, 0) is 36.4 Å². The third-order valence-corrected chi connectivity index (χ3v) is 4.44. The zero-order valence-electron chi connectivity index (χ0n) is 15.0. The van der Waals surface area contributed by atoms with Gasteiger partial charge in [0.15, 0.2) is 0 Å². The zero-order valence-corrected chi connectivity index (χ0v) is 15.8. The van der Waals surface area contributed by atoms with Gasteiger partial charge >= 0.3 is 0 Å². The summed E-state index contributed by atoms with van der Waals surface area (Å²) in [6.07, 6.45) is -0.344. The van der Waals surface area contributed by atoms with Gasteiger partial charge in [-0.2, -0.15) is 5.53 Å². The molecule has 9 heteroatoms. The van der Waals surface area contributed by atoms with E-state index in [4.69, 9.17) is 21.1 Å². The fraction of sp³-hybridized carbons (Fsp3) is 0.278. The average molecular weight is 392 g/mol. The van der Waals surface area contributed by atoms with Gasteiger partial charge in [0.1, 0.15) is 23.7 Å². The van der Waals surface area contributed by atoms with Crippen molar-refractivity contribution in [1.29, 1.82) is 0 Å². The third kappa shape index (κ3) is 4.81. The Morgan fingerprint density at radius 3 is 2.59 bits per heavy atom. The van der Waals surface area contributed by atoms with Crippen molar-refractivity contribution in [2.24, 2.45) is 0 Å². The van der Waals surface area contributed by atoms with Crippen LogP contribution in [0.4, 0.5) is 5.69 Å². The van der Waals surface area contributed by atoms with Gasteiger partial charge in [-0.3, -0.25) is 4.79 Å². The number of anilines is 1. The standard InChI is InChI=1S/C18H22ClN5O3/c1-26-14-8-3-11(15(9-14)27-2)10-20-18(25)16-17(23-24-22-16)21-13-6-4-12(19)5-7-13/h3-9,16-17,21-24H,10H2,1-2H3,(H,20,25). The largest absolute Gasteiger partial charge is 0.497 e. The summed E-state index contributed by atoms with van der Waals surface area (Å²) in [7, 11) is 3.17. The number of benzene rings is 2. The normalized spacial score (nSPS) is 18.8. The second kappa shape index (κ2) is 8.92. The van der Waals surface area contributed by atoms with Crippen LogP contribution >= 0.6 is 11.6 Å². The van der Waals surface area contributed by atoms with Gasteiger partial charge in [-0.25, -0.2) is 10.9 Å². The molecule has 2 aromatic rings. The van der Waals surface area contributed by atoms with E-state index in [2.05, 4.69) is 27.0 Å². The molecule has 2 atom stereocenters. The van der Waals surface area contributed by atoms with Crippen molar-refractivity contribution < 1.29 is 14.3 Å². The van der Waals surface area contributed by atoms with Gasteiger partial charge in [-0.1, -0.05) is 11.6 Å². The van der Waals surface area contributed by atoms with Gasteiger partial charge in [0.25, 0.3) is 0 Å².